The average Bonchev–Trinajstić information content (AvgIpc) is 4.42. The molecule has 0 aliphatic carbocycles. The Morgan fingerprint density at radius 2 is 0.705 bits per heavy atom. The third-order valence-electron chi connectivity index (χ3n) is 15.8. The molecule has 78 heavy (non-hydrogen) atoms. The van der Waals surface area contributed by atoms with E-state index < -0.39 is 0 Å². The van der Waals surface area contributed by atoms with Gasteiger partial charge in [0.05, 0.1) is 66.9 Å². The number of nitrogens with zero attached hydrogens (tertiary/aromatic N) is 7. The van der Waals surface area contributed by atoms with Gasteiger partial charge in [-0.1, -0.05) is 176 Å². The molecule has 0 saturated carbocycles. The minimum absolute atomic E-state index is 0.516. The SMILES string of the molecule is N#Cc1c(-n2c3ccccc3c3cc4c(cc32)c2ccccc2n4-c2ccccc2)cc(-c2nc(-c3ccccc3)cc(-c3ccccc3)n2)cc1-n1c2ccccc2c2c1ccc1c3ccccc3n(-c3ccccc3)c12. The zero-order valence-electron chi connectivity index (χ0n) is 42.0. The van der Waals surface area contributed by atoms with Crippen molar-refractivity contribution in [3.8, 4) is 62.7 Å². The molecular weight excluding hydrogens is 951 g/mol. The van der Waals surface area contributed by atoms with E-state index in [2.05, 4.69) is 249 Å². The van der Waals surface area contributed by atoms with Gasteiger partial charge in [0.1, 0.15) is 11.6 Å². The molecule has 16 rings (SSSR count). The Bertz CT molecular complexity index is 5080. The Balaban J connectivity index is 1.06. The van der Waals surface area contributed by atoms with Crippen LogP contribution in [-0.4, -0.2) is 28.2 Å². The van der Waals surface area contributed by atoms with Crippen molar-refractivity contribution in [3.05, 3.63) is 266 Å². The van der Waals surface area contributed by atoms with Crippen LogP contribution in [0.15, 0.2) is 261 Å². The van der Waals surface area contributed by atoms with Crippen molar-refractivity contribution >= 4 is 87.2 Å². The smallest absolute Gasteiger partial charge is 0.160 e. The summed E-state index contributed by atoms with van der Waals surface area (Å²) in [5.41, 5.74) is 16.9. The quantitative estimate of drug-likeness (QED) is 0.160. The molecule has 0 amide bonds. The Labute approximate surface area is 447 Å². The van der Waals surface area contributed by atoms with E-state index in [-0.39, 0.29) is 0 Å². The van der Waals surface area contributed by atoms with E-state index in [9.17, 15) is 5.26 Å². The van der Waals surface area contributed by atoms with Gasteiger partial charge in [-0.2, -0.15) is 5.26 Å². The molecule has 0 aliphatic heterocycles. The molecule has 7 nitrogen and oxygen atoms in total. The zero-order chi connectivity index (χ0) is 51.4. The Morgan fingerprint density at radius 1 is 0.295 bits per heavy atom. The molecule has 11 aromatic carbocycles. The molecule has 0 unspecified atom stereocenters. The molecule has 0 N–H and O–H groups in total. The van der Waals surface area contributed by atoms with Gasteiger partial charge in [0.25, 0.3) is 0 Å². The molecule has 0 saturated heterocycles. The molecule has 0 radical (unpaired) electrons. The predicted octanol–water partition coefficient (Wildman–Crippen LogP) is 17.7. The number of rotatable bonds is 7. The van der Waals surface area contributed by atoms with Crippen LogP contribution in [-0.2, 0) is 0 Å². The first-order chi connectivity index (χ1) is 38.7. The van der Waals surface area contributed by atoms with Crippen molar-refractivity contribution in [2.45, 2.75) is 0 Å². The van der Waals surface area contributed by atoms with Gasteiger partial charge in [-0.05, 0) is 84.9 Å². The Morgan fingerprint density at radius 3 is 1.24 bits per heavy atom. The summed E-state index contributed by atoms with van der Waals surface area (Å²) in [6, 6.07) is 94.8. The van der Waals surface area contributed by atoms with E-state index in [0.717, 1.165) is 133 Å². The highest BCUT2D eigenvalue weighted by atomic mass is 15.0. The van der Waals surface area contributed by atoms with E-state index in [0.29, 0.717) is 11.4 Å². The molecule has 362 valence electrons. The van der Waals surface area contributed by atoms with Crippen LogP contribution in [0.2, 0.25) is 0 Å². The lowest BCUT2D eigenvalue weighted by Gasteiger charge is -2.18. The van der Waals surface area contributed by atoms with E-state index in [1.165, 1.54) is 5.39 Å². The lowest BCUT2D eigenvalue weighted by Crippen LogP contribution is -2.06. The van der Waals surface area contributed by atoms with Crippen LogP contribution in [0.4, 0.5) is 0 Å². The Kier molecular flexibility index (Phi) is 9.56. The molecule has 0 atom stereocenters. The lowest BCUT2D eigenvalue weighted by molar-refractivity contribution is 1.11. The number of benzene rings is 11. The molecule has 0 fully saturated rings. The fourth-order valence-electron chi connectivity index (χ4n) is 12.5. The van der Waals surface area contributed by atoms with Crippen LogP contribution < -0.4 is 0 Å². The van der Waals surface area contributed by atoms with Gasteiger partial charge in [-0.3, -0.25) is 0 Å². The van der Waals surface area contributed by atoms with Gasteiger partial charge in [-0.15, -0.1) is 0 Å². The van der Waals surface area contributed by atoms with Crippen LogP contribution in [0.3, 0.4) is 0 Å². The second-order valence-corrected chi connectivity index (χ2v) is 20.0. The topological polar surface area (TPSA) is 69.3 Å². The summed E-state index contributed by atoms with van der Waals surface area (Å²) in [4.78, 5) is 10.9. The van der Waals surface area contributed by atoms with Crippen molar-refractivity contribution in [1.82, 2.24) is 28.2 Å². The van der Waals surface area contributed by atoms with Gasteiger partial charge < -0.3 is 18.3 Å². The number of hydrogen-bond donors (Lipinski definition) is 0. The molecule has 5 aromatic heterocycles. The average molecular weight is 994 g/mol. The van der Waals surface area contributed by atoms with Crippen molar-refractivity contribution < 1.29 is 0 Å². The molecule has 0 spiro atoms. The highest BCUT2D eigenvalue weighted by molar-refractivity contribution is 6.26. The van der Waals surface area contributed by atoms with Gasteiger partial charge in [-0.25, -0.2) is 9.97 Å². The number of fused-ring (bicyclic) bond motifs is 13. The summed E-state index contributed by atoms with van der Waals surface area (Å²) < 4.78 is 9.39. The normalized spacial score (nSPS) is 11.8. The third kappa shape index (κ3) is 6.44. The van der Waals surface area contributed by atoms with Crippen molar-refractivity contribution in [3.63, 3.8) is 0 Å². The number of hydrogen-bond acceptors (Lipinski definition) is 3. The van der Waals surface area contributed by atoms with Crippen LogP contribution >= 0.6 is 0 Å². The lowest BCUT2D eigenvalue weighted by atomic mass is 10.0. The predicted molar refractivity (Wildman–Crippen MR) is 320 cm³/mol. The van der Waals surface area contributed by atoms with Gasteiger partial charge in [0.15, 0.2) is 5.82 Å². The fraction of sp³-hybridized carbons (Fsp3) is 0. The maximum Gasteiger partial charge on any atom is 0.160 e. The highest BCUT2D eigenvalue weighted by Crippen LogP contribution is 2.46. The highest BCUT2D eigenvalue weighted by Gasteiger charge is 2.27. The first kappa shape index (κ1) is 43.6. The van der Waals surface area contributed by atoms with Gasteiger partial charge >= 0.3 is 0 Å². The first-order valence-corrected chi connectivity index (χ1v) is 26.3. The molecule has 0 aliphatic rings. The summed E-state index contributed by atoms with van der Waals surface area (Å²) in [6.45, 7) is 0. The summed E-state index contributed by atoms with van der Waals surface area (Å²) in [6.07, 6.45) is 0. The fourth-order valence-corrected chi connectivity index (χ4v) is 12.5. The van der Waals surface area contributed by atoms with Crippen LogP contribution in [0, 0.1) is 11.3 Å². The van der Waals surface area contributed by atoms with Crippen molar-refractivity contribution in [1.29, 1.82) is 5.26 Å². The Hall–Kier alpha value is -10.8. The first-order valence-electron chi connectivity index (χ1n) is 26.3. The van der Waals surface area contributed by atoms with E-state index >= 15 is 0 Å². The van der Waals surface area contributed by atoms with E-state index in [1.807, 2.05) is 36.4 Å². The maximum atomic E-state index is 12.1. The zero-order valence-corrected chi connectivity index (χ0v) is 42.0. The van der Waals surface area contributed by atoms with Crippen LogP contribution in [0.1, 0.15) is 5.56 Å². The summed E-state index contributed by atoms with van der Waals surface area (Å²) >= 11 is 0. The molecule has 0 bridgehead atoms. The summed E-state index contributed by atoms with van der Waals surface area (Å²) in [5.74, 6) is 0.545. The van der Waals surface area contributed by atoms with E-state index in [4.69, 9.17) is 9.97 Å². The van der Waals surface area contributed by atoms with E-state index in [1.54, 1.807) is 0 Å². The minimum Gasteiger partial charge on any atom is -0.309 e. The maximum absolute atomic E-state index is 12.1. The number of aromatic nitrogens is 6. The van der Waals surface area contributed by atoms with Crippen molar-refractivity contribution in [2.24, 2.45) is 0 Å². The van der Waals surface area contributed by atoms with Crippen LogP contribution in [0.25, 0.3) is 144 Å². The number of para-hydroxylation sites is 6. The molecule has 7 heteroatoms. The second-order valence-electron chi connectivity index (χ2n) is 20.0. The summed E-state index contributed by atoms with van der Waals surface area (Å²) in [7, 11) is 0. The molecule has 16 aromatic rings. The molecule has 5 heterocycles. The number of nitriles is 1. The van der Waals surface area contributed by atoms with Gasteiger partial charge in [0.2, 0.25) is 0 Å². The molecular formula is C71H43N7. The van der Waals surface area contributed by atoms with Crippen molar-refractivity contribution in [2.75, 3.05) is 0 Å². The standard InChI is InChI=1S/C71H43N7/c72-44-57-65(77-63-36-20-16-32-54(63)69-64(77)38-37-53-50-29-13-18-34-61(50)76(70(53)69)49-27-11-4-12-28-49)39-47(71-73-58(45-21-5-1-6-22-45)43-59(74-71)46-23-7-2-8-24-46)40-66(57)78-62-35-19-15-31-52(62)56-41-67-55(42-68(56)78)51-30-14-17-33-60(51)75(67)48-25-9-3-10-26-48/h1-43H. The monoisotopic (exact) mass is 993 g/mol. The minimum atomic E-state index is 0.516. The van der Waals surface area contributed by atoms with Crippen LogP contribution in [0.5, 0.6) is 0 Å². The largest absolute Gasteiger partial charge is 0.309 e. The second kappa shape index (κ2) is 17.1. The summed E-state index contributed by atoms with van der Waals surface area (Å²) in [5, 5.41) is 21.1. The van der Waals surface area contributed by atoms with Gasteiger partial charge in [0, 0.05) is 71.2 Å². The third-order valence-corrected chi connectivity index (χ3v) is 15.8.